The lowest BCUT2D eigenvalue weighted by molar-refractivity contribution is 0.472. The summed E-state index contributed by atoms with van der Waals surface area (Å²) in [6.07, 6.45) is 1.54. The zero-order chi connectivity index (χ0) is 10.6. The van der Waals surface area contributed by atoms with Gasteiger partial charge in [-0.3, -0.25) is 5.43 Å². The van der Waals surface area contributed by atoms with E-state index in [-0.39, 0.29) is 10.9 Å². The van der Waals surface area contributed by atoms with Gasteiger partial charge in [0.15, 0.2) is 5.11 Å². The van der Waals surface area contributed by atoms with Crippen molar-refractivity contribution >= 4 is 39.5 Å². The van der Waals surface area contributed by atoms with E-state index in [0.717, 1.165) is 5.56 Å². The fourth-order valence-electron chi connectivity index (χ4n) is 0.774. The first kappa shape index (κ1) is 10.9. The fourth-order valence-corrected chi connectivity index (χ4v) is 1.22. The summed E-state index contributed by atoms with van der Waals surface area (Å²) >= 11 is 7.75. The maximum Gasteiger partial charge on any atom is 0.184 e. The SMILES string of the molecule is NC(=S)N/N=C\c1ccc(O)c(Br)c1. The second-order valence-corrected chi connectivity index (χ2v) is 3.74. The second kappa shape index (κ2) is 4.92. The molecule has 0 spiro atoms. The molecule has 6 heteroatoms. The molecule has 14 heavy (non-hydrogen) atoms. The highest BCUT2D eigenvalue weighted by molar-refractivity contribution is 9.10. The summed E-state index contributed by atoms with van der Waals surface area (Å²) in [5.74, 6) is 0.185. The van der Waals surface area contributed by atoms with Crippen LogP contribution in [-0.2, 0) is 0 Å². The van der Waals surface area contributed by atoms with Gasteiger partial charge in [-0.15, -0.1) is 0 Å². The predicted octanol–water partition coefficient (Wildman–Crippen LogP) is 1.32. The number of thiocarbonyl (C=S) groups is 1. The van der Waals surface area contributed by atoms with Crippen molar-refractivity contribution in [2.24, 2.45) is 10.8 Å². The molecule has 74 valence electrons. The minimum absolute atomic E-state index is 0.110. The van der Waals surface area contributed by atoms with Gasteiger partial charge in [-0.25, -0.2) is 0 Å². The number of hydrogen-bond acceptors (Lipinski definition) is 3. The number of nitrogens with two attached hydrogens (primary N) is 1. The van der Waals surface area contributed by atoms with Gasteiger partial charge in [-0.1, -0.05) is 0 Å². The van der Waals surface area contributed by atoms with Crippen molar-refractivity contribution in [3.63, 3.8) is 0 Å². The van der Waals surface area contributed by atoms with Crippen LogP contribution in [0.4, 0.5) is 0 Å². The summed E-state index contributed by atoms with van der Waals surface area (Å²) in [5.41, 5.74) is 8.41. The van der Waals surface area contributed by atoms with Crippen molar-refractivity contribution in [1.82, 2.24) is 5.43 Å². The van der Waals surface area contributed by atoms with Crippen LogP contribution in [-0.4, -0.2) is 16.4 Å². The van der Waals surface area contributed by atoms with Crippen LogP contribution in [0.15, 0.2) is 27.8 Å². The van der Waals surface area contributed by atoms with Crippen molar-refractivity contribution in [2.45, 2.75) is 0 Å². The zero-order valence-corrected chi connectivity index (χ0v) is 9.47. The van der Waals surface area contributed by atoms with Crippen LogP contribution < -0.4 is 11.2 Å². The normalized spacial score (nSPS) is 10.4. The summed E-state index contributed by atoms with van der Waals surface area (Å²) in [6, 6.07) is 5.00. The molecular formula is C8H8BrN3OS. The molecule has 1 aromatic rings. The molecule has 0 bridgehead atoms. The first-order chi connectivity index (χ1) is 6.59. The van der Waals surface area contributed by atoms with Gasteiger partial charge in [-0.05, 0) is 51.9 Å². The van der Waals surface area contributed by atoms with Crippen molar-refractivity contribution < 1.29 is 5.11 Å². The van der Waals surface area contributed by atoms with Crippen LogP contribution in [0.25, 0.3) is 0 Å². The average molecular weight is 274 g/mol. The maximum atomic E-state index is 9.21. The number of rotatable bonds is 2. The van der Waals surface area contributed by atoms with E-state index >= 15 is 0 Å². The molecule has 1 aromatic carbocycles. The number of nitrogens with zero attached hydrogens (tertiary/aromatic N) is 1. The Balaban J connectivity index is 2.73. The standard InChI is InChI=1S/C8H8BrN3OS/c9-6-3-5(1-2-7(6)13)4-11-12-8(10)14/h1-4,13H,(H3,10,12,14)/b11-4-. The minimum atomic E-state index is 0.110. The Bertz CT molecular complexity index is 381. The number of benzene rings is 1. The van der Waals surface area contributed by atoms with Crippen molar-refractivity contribution in [3.8, 4) is 5.75 Å². The van der Waals surface area contributed by atoms with Gasteiger partial charge in [0.05, 0.1) is 10.7 Å². The molecule has 0 atom stereocenters. The topological polar surface area (TPSA) is 70.6 Å². The summed E-state index contributed by atoms with van der Waals surface area (Å²) < 4.78 is 0.608. The Morgan fingerprint density at radius 3 is 2.93 bits per heavy atom. The quantitative estimate of drug-likeness (QED) is 0.432. The third-order valence-corrected chi connectivity index (χ3v) is 2.09. The lowest BCUT2D eigenvalue weighted by atomic mass is 10.2. The van der Waals surface area contributed by atoms with Gasteiger partial charge in [0.2, 0.25) is 0 Å². The first-order valence-electron chi connectivity index (χ1n) is 3.66. The van der Waals surface area contributed by atoms with E-state index in [0.29, 0.717) is 4.47 Å². The van der Waals surface area contributed by atoms with Gasteiger partial charge in [-0.2, -0.15) is 5.10 Å². The molecule has 0 aliphatic heterocycles. The largest absolute Gasteiger partial charge is 0.507 e. The maximum absolute atomic E-state index is 9.21. The second-order valence-electron chi connectivity index (χ2n) is 2.45. The van der Waals surface area contributed by atoms with Crippen LogP contribution in [0.1, 0.15) is 5.56 Å². The highest BCUT2D eigenvalue weighted by Crippen LogP contribution is 2.23. The minimum Gasteiger partial charge on any atom is -0.507 e. The Morgan fingerprint density at radius 1 is 1.64 bits per heavy atom. The molecule has 4 nitrogen and oxygen atoms in total. The van der Waals surface area contributed by atoms with Crippen LogP contribution >= 0.6 is 28.1 Å². The number of aromatic hydroxyl groups is 1. The third-order valence-electron chi connectivity index (χ3n) is 1.36. The van der Waals surface area contributed by atoms with Gasteiger partial charge >= 0.3 is 0 Å². The van der Waals surface area contributed by atoms with E-state index < -0.39 is 0 Å². The summed E-state index contributed by atoms with van der Waals surface area (Å²) in [7, 11) is 0. The number of nitrogens with one attached hydrogen (secondary N) is 1. The molecule has 0 amide bonds. The number of phenols is 1. The molecule has 0 aliphatic carbocycles. The van der Waals surface area contributed by atoms with Crippen molar-refractivity contribution in [3.05, 3.63) is 28.2 Å². The number of halogens is 1. The van der Waals surface area contributed by atoms with E-state index in [1.165, 1.54) is 0 Å². The van der Waals surface area contributed by atoms with Crippen LogP contribution in [0.5, 0.6) is 5.75 Å². The molecule has 0 heterocycles. The van der Waals surface area contributed by atoms with Gasteiger partial charge in [0.25, 0.3) is 0 Å². The zero-order valence-electron chi connectivity index (χ0n) is 7.07. The Kier molecular flexibility index (Phi) is 3.84. The highest BCUT2D eigenvalue weighted by atomic mass is 79.9. The monoisotopic (exact) mass is 273 g/mol. The van der Waals surface area contributed by atoms with E-state index in [1.54, 1.807) is 24.4 Å². The predicted molar refractivity (Wildman–Crippen MR) is 63.3 cm³/mol. The molecule has 0 aromatic heterocycles. The Morgan fingerprint density at radius 2 is 2.36 bits per heavy atom. The van der Waals surface area contributed by atoms with Crippen LogP contribution in [0, 0.1) is 0 Å². The molecule has 0 aliphatic rings. The summed E-state index contributed by atoms with van der Waals surface area (Å²) in [5, 5.41) is 13.1. The summed E-state index contributed by atoms with van der Waals surface area (Å²) in [4.78, 5) is 0. The van der Waals surface area contributed by atoms with Gasteiger partial charge in [0.1, 0.15) is 5.75 Å². The Labute approximate surface area is 94.9 Å². The number of hydrazone groups is 1. The van der Waals surface area contributed by atoms with Gasteiger partial charge in [0, 0.05) is 0 Å². The lowest BCUT2D eigenvalue weighted by Gasteiger charge is -1.98. The van der Waals surface area contributed by atoms with Gasteiger partial charge < -0.3 is 10.8 Å². The number of phenolic OH excluding ortho intramolecular Hbond substituents is 1. The molecule has 0 saturated heterocycles. The molecule has 0 unspecified atom stereocenters. The Hall–Kier alpha value is -1.14. The average Bonchev–Trinajstić information content (AvgIpc) is 2.10. The van der Waals surface area contributed by atoms with Crippen LogP contribution in [0.2, 0.25) is 0 Å². The van der Waals surface area contributed by atoms with E-state index in [9.17, 15) is 5.11 Å². The molecule has 1 rings (SSSR count). The molecule has 0 radical (unpaired) electrons. The highest BCUT2D eigenvalue weighted by Gasteiger charge is 1.96. The van der Waals surface area contributed by atoms with Crippen LogP contribution in [0.3, 0.4) is 0 Å². The van der Waals surface area contributed by atoms with E-state index in [4.69, 9.17) is 5.73 Å². The summed E-state index contributed by atoms with van der Waals surface area (Å²) in [6.45, 7) is 0. The molecule has 0 saturated carbocycles. The fraction of sp³-hybridized carbons (Fsp3) is 0. The van der Waals surface area contributed by atoms with Crippen molar-refractivity contribution in [2.75, 3.05) is 0 Å². The molecule has 4 N–H and O–H groups in total. The first-order valence-corrected chi connectivity index (χ1v) is 4.87. The molecular weight excluding hydrogens is 266 g/mol. The third kappa shape index (κ3) is 3.31. The van der Waals surface area contributed by atoms with E-state index in [2.05, 4.69) is 38.7 Å². The lowest BCUT2D eigenvalue weighted by Crippen LogP contribution is -2.23. The van der Waals surface area contributed by atoms with Crippen molar-refractivity contribution in [1.29, 1.82) is 0 Å². The van der Waals surface area contributed by atoms with E-state index in [1.807, 2.05) is 0 Å². The smallest absolute Gasteiger partial charge is 0.184 e. The number of hydrogen-bond donors (Lipinski definition) is 3. The molecule has 0 fully saturated rings.